The molecule has 1 aromatic carbocycles. The van der Waals surface area contributed by atoms with Crippen LogP contribution in [0.1, 0.15) is 10.4 Å². The van der Waals surface area contributed by atoms with E-state index in [0.717, 1.165) is 0 Å². The quantitative estimate of drug-likeness (QED) is 0.605. The third-order valence-corrected chi connectivity index (χ3v) is 2.83. The van der Waals surface area contributed by atoms with Crippen LogP contribution in [0.25, 0.3) is 0 Å². The van der Waals surface area contributed by atoms with Crippen molar-refractivity contribution >= 4 is 17.5 Å². The number of carbonyl (C=O) groups is 2. The zero-order valence-corrected chi connectivity index (χ0v) is 13.0. The van der Waals surface area contributed by atoms with E-state index in [9.17, 15) is 18.4 Å². The fourth-order valence-electron chi connectivity index (χ4n) is 1.85. The van der Waals surface area contributed by atoms with Gasteiger partial charge in [0.15, 0.2) is 12.4 Å². The number of nitrogens with one attached hydrogen (secondary N) is 1. The van der Waals surface area contributed by atoms with Crippen LogP contribution >= 0.6 is 0 Å². The molecule has 1 heterocycles. The van der Waals surface area contributed by atoms with E-state index in [1.807, 2.05) is 0 Å². The van der Waals surface area contributed by atoms with Crippen molar-refractivity contribution in [3.8, 4) is 5.75 Å². The predicted octanol–water partition coefficient (Wildman–Crippen LogP) is -1.68. The Labute approximate surface area is 142 Å². The molecule has 9 heteroatoms. The molecular weight excluding hydrogens is 344 g/mol. The first-order chi connectivity index (χ1) is 10.9. The van der Waals surface area contributed by atoms with Gasteiger partial charge in [0.05, 0.1) is 0 Å². The number of aromatic nitrogens is 1. The zero-order valence-electron chi connectivity index (χ0n) is 12.3. The highest BCUT2D eigenvalue weighted by Crippen LogP contribution is 2.17. The Morgan fingerprint density at radius 1 is 1.21 bits per heavy atom. The fourth-order valence-corrected chi connectivity index (χ4v) is 1.85. The summed E-state index contributed by atoms with van der Waals surface area (Å²) in [6, 6.07) is 8.67. The van der Waals surface area contributed by atoms with Gasteiger partial charge in [-0.2, -0.15) is 13.3 Å². The van der Waals surface area contributed by atoms with Gasteiger partial charge in [0, 0.05) is 11.8 Å². The molecule has 0 spiro atoms. The Balaban J connectivity index is 0.00000288. The van der Waals surface area contributed by atoms with Crippen molar-refractivity contribution < 1.29 is 40.1 Å². The second-order valence-corrected chi connectivity index (χ2v) is 4.58. The summed E-state index contributed by atoms with van der Waals surface area (Å²) < 4.78 is 29.8. The molecule has 0 saturated heterocycles. The van der Waals surface area contributed by atoms with E-state index in [4.69, 9.17) is 5.73 Å². The summed E-state index contributed by atoms with van der Waals surface area (Å²) >= 11 is 0. The molecule has 0 radical (unpaired) electrons. The van der Waals surface area contributed by atoms with Crippen LogP contribution < -0.4 is 32.8 Å². The molecule has 6 nitrogen and oxygen atoms in total. The van der Waals surface area contributed by atoms with E-state index in [2.05, 4.69) is 10.1 Å². The number of benzene rings is 1. The lowest BCUT2D eigenvalue weighted by atomic mass is 10.2. The minimum Gasteiger partial charge on any atom is -1.00 e. The number of hydrogen-bond acceptors (Lipinski definition) is 3. The number of nitrogens with zero attached hydrogens (tertiary/aromatic N) is 1. The second-order valence-electron chi connectivity index (χ2n) is 4.58. The van der Waals surface area contributed by atoms with Crippen molar-refractivity contribution in [1.82, 2.24) is 0 Å². The lowest BCUT2D eigenvalue weighted by Gasteiger charge is -2.06. The highest BCUT2D eigenvalue weighted by Gasteiger charge is 2.12. The van der Waals surface area contributed by atoms with E-state index < -0.39 is 12.5 Å². The average Bonchev–Trinajstić information content (AvgIpc) is 2.49. The van der Waals surface area contributed by atoms with Gasteiger partial charge in [0.1, 0.15) is 11.3 Å². The third kappa shape index (κ3) is 5.81. The topological polar surface area (TPSA) is 85.3 Å². The molecule has 0 aliphatic rings. The first-order valence-electron chi connectivity index (χ1n) is 6.57. The molecule has 2 amide bonds. The molecule has 0 aliphatic heterocycles. The lowest BCUT2D eigenvalue weighted by molar-refractivity contribution is -0.684. The zero-order chi connectivity index (χ0) is 16.8. The van der Waals surface area contributed by atoms with E-state index >= 15 is 0 Å². The molecule has 2 rings (SSSR count). The summed E-state index contributed by atoms with van der Waals surface area (Å²) in [4.78, 5) is 23.0. The first-order valence-corrected chi connectivity index (χ1v) is 6.57. The molecule has 0 fully saturated rings. The minimum absolute atomic E-state index is 0. The van der Waals surface area contributed by atoms with E-state index in [-0.39, 0.29) is 36.2 Å². The number of amides is 2. The number of pyridine rings is 1. The van der Waals surface area contributed by atoms with Crippen LogP contribution in [-0.2, 0) is 11.3 Å². The summed E-state index contributed by atoms with van der Waals surface area (Å²) in [7, 11) is 0. The van der Waals surface area contributed by atoms with Crippen LogP contribution in [0.3, 0.4) is 0 Å². The molecule has 2 aromatic rings. The molecule has 3 N–H and O–H groups in total. The van der Waals surface area contributed by atoms with Crippen LogP contribution in [0.15, 0.2) is 48.8 Å². The number of halogens is 3. The molecule has 0 aliphatic carbocycles. The van der Waals surface area contributed by atoms with Crippen molar-refractivity contribution in [2.75, 3.05) is 5.32 Å². The van der Waals surface area contributed by atoms with Gasteiger partial charge < -0.3 is 28.2 Å². The number of nitrogens with two attached hydrogens (primary N) is 1. The van der Waals surface area contributed by atoms with E-state index in [1.165, 1.54) is 35.0 Å². The van der Waals surface area contributed by atoms with Crippen LogP contribution in [-0.4, -0.2) is 18.4 Å². The lowest BCUT2D eigenvalue weighted by Crippen LogP contribution is -3.00. The standard InChI is InChI=1S/C15H13F2N3O3.ClH/c16-15(17)23-12-5-3-11(4-6-12)19-13(21)9-20-7-1-2-10(8-20)14(18)22;/h1-8,15H,9H2,(H2-,18,19,21,22);1H. The number of hydrogen-bond donors (Lipinski definition) is 2. The monoisotopic (exact) mass is 357 g/mol. The van der Waals surface area contributed by atoms with Gasteiger partial charge in [-0.25, -0.2) is 0 Å². The summed E-state index contributed by atoms with van der Waals surface area (Å²) in [6.45, 7) is -2.93. The van der Waals surface area contributed by atoms with Gasteiger partial charge in [-0.3, -0.25) is 9.59 Å². The van der Waals surface area contributed by atoms with Gasteiger partial charge in [-0.05, 0) is 30.3 Å². The summed E-state index contributed by atoms with van der Waals surface area (Å²) in [6.07, 6.45) is 3.08. The Hall–Kier alpha value is -2.74. The molecule has 128 valence electrons. The molecule has 0 saturated carbocycles. The van der Waals surface area contributed by atoms with Crippen molar-refractivity contribution in [1.29, 1.82) is 0 Å². The Bertz CT molecular complexity index is 711. The maximum absolute atomic E-state index is 12.0. The maximum Gasteiger partial charge on any atom is 0.387 e. The van der Waals surface area contributed by atoms with E-state index in [1.54, 1.807) is 18.3 Å². The fraction of sp³-hybridized carbons (Fsp3) is 0.133. The second kappa shape index (κ2) is 8.78. The number of ether oxygens (including phenoxy) is 1. The third-order valence-electron chi connectivity index (χ3n) is 2.83. The normalized spacial score (nSPS) is 9.96. The number of rotatable bonds is 6. The maximum atomic E-state index is 12.0. The summed E-state index contributed by atoms with van der Waals surface area (Å²) in [5.41, 5.74) is 5.89. The Morgan fingerprint density at radius 3 is 2.46 bits per heavy atom. The minimum atomic E-state index is -2.90. The van der Waals surface area contributed by atoms with Crippen molar-refractivity contribution in [3.05, 3.63) is 54.4 Å². The largest absolute Gasteiger partial charge is 1.00 e. The van der Waals surface area contributed by atoms with E-state index in [0.29, 0.717) is 5.69 Å². The van der Waals surface area contributed by atoms with Gasteiger partial charge in [-0.1, -0.05) is 0 Å². The summed E-state index contributed by atoms with van der Waals surface area (Å²) in [5, 5.41) is 2.60. The van der Waals surface area contributed by atoms with Crippen LogP contribution in [0.2, 0.25) is 0 Å². The number of alkyl halides is 2. The molecule has 0 unspecified atom stereocenters. The van der Waals surface area contributed by atoms with Crippen molar-refractivity contribution in [2.45, 2.75) is 13.2 Å². The molecule has 0 atom stereocenters. The first kappa shape index (κ1) is 19.3. The molecule has 1 aromatic heterocycles. The van der Waals surface area contributed by atoms with Crippen LogP contribution in [0, 0.1) is 0 Å². The summed E-state index contributed by atoms with van der Waals surface area (Å²) in [5.74, 6) is -0.935. The number of anilines is 1. The molecule has 24 heavy (non-hydrogen) atoms. The SMILES string of the molecule is NC(=O)c1ccc[n+](CC(=O)Nc2ccc(OC(F)F)cc2)c1.[Cl-]. The van der Waals surface area contributed by atoms with Gasteiger partial charge >= 0.3 is 6.61 Å². The van der Waals surface area contributed by atoms with Gasteiger partial charge in [0.25, 0.3) is 11.8 Å². The predicted molar refractivity (Wildman–Crippen MR) is 76.9 cm³/mol. The highest BCUT2D eigenvalue weighted by atomic mass is 35.5. The van der Waals surface area contributed by atoms with Crippen LogP contribution in [0.4, 0.5) is 14.5 Å². The average molecular weight is 358 g/mol. The Kier molecular flexibility index (Phi) is 7.06. The van der Waals surface area contributed by atoms with Gasteiger partial charge in [0.2, 0.25) is 6.54 Å². The molecule has 0 bridgehead atoms. The number of primary amides is 1. The van der Waals surface area contributed by atoms with Crippen molar-refractivity contribution in [2.24, 2.45) is 5.73 Å². The van der Waals surface area contributed by atoms with Crippen molar-refractivity contribution in [3.63, 3.8) is 0 Å². The smallest absolute Gasteiger partial charge is 0.387 e. The highest BCUT2D eigenvalue weighted by molar-refractivity contribution is 5.92. The van der Waals surface area contributed by atoms with Gasteiger partial charge in [-0.15, -0.1) is 0 Å². The Morgan fingerprint density at radius 2 is 1.88 bits per heavy atom. The van der Waals surface area contributed by atoms with Crippen LogP contribution in [0.5, 0.6) is 5.75 Å². The number of carbonyl (C=O) groups excluding carboxylic acids is 2. The molecular formula is C15H14ClF2N3O3.